The van der Waals surface area contributed by atoms with Crippen molar-refractivity contribution < 1.29 is 14.2 Å². The van der Waals surface area contributed by atoms with E-state index in [0.717, 1.165) is 63.0 Å². The van der Waals surface area contributed by atoms with Crippen LogP contribution in [0, 0.1) is 0 Å². The summed E-state index contributed by atoms with van der Waals surface area (Å²) in [5, 5.41) is 6.59. The van der Waals surface area contributed by atoms with Crippen LogP contribution in [0.3, 0.4) is 0 Å². The van der Waals surface area contributed by atoms with Gasteiger partial charge in [-0.15, -0.1) is 0 Å². The van der Waals surface area contributed by atoms with Crippen LogP contribution in [0.4, 0.5) is 0 Å². The largest absolute Gasteiger partial charge is 0.497 e. The van der Waals surface area contributed by atoms with Crippen LogP contribution in [-0.4, -0.2) is 52.0 Å². The second kappa shape index (κ2) is 10.8. The van der Waals surface area contributed by atoms with E-state index in [4.69, 9.17) is 14.2 Å². The molecule has 24 heavy (non-hydrogen) atoms. The highest BCUT2D eigenvalue weighted by Gasteiger charge is 2.14. The van der Waals surface area contributed by atoms with Gasteiger partial charge in [-0.2, -0.15) is 0 Å². The predicted octanol–water partition coefficient (Wildman–Crippen LogP) is 2.20. The molecule has 0 radical (unpaired) electrons. The molecule has 1 saturated heterocycles. The van der Waals surface area contributed by atoms with Crippen molar-refractivity contribution in [2.24, 2.45) is 4.99 Å². The van der Waals surface area contributed by atoms with E-state index in [1.807, 2.05) is 24.3 Å². The van der Waals surface area contributed by atoms with Crippen molar-refractivity contribution in [2.75, 3.05) is 40.0 Å². The second-order valence-corrected chi connectivity index (χ2v) is 5.66. The molecule has 0 amide bonds. The van der Waals surface area contributed by atoms with Gasteiger partial charge in [0.1, 0.15) is 11.5 Å². The molecule has 6 heteroatoms. The van der Waals surface area contributed by atoms with Gasteiger partial charge in [0.05, 0.1) is 26.4 Å². The van der Waals surface area contributed by atoms with E-state index < -0.39 is 0 Å². The molecule has 0 saturated carbocycles. The minimum absolute atomic E-state index is 0.277. The van der Waals surface area contributed by atoms with Gasteiger partial charge in [-0.05, 0) is 50.5 Å². The molecule has 0 bridgehead atoms. The summed E-state index contributed by atoms with van der Waals surface area (Å²) in [6.45, 7) is 5.97. The van der Waals surface area contributed by atoms with Crippen molar-refractivity contribution >= 4 is 5.96 Å². The van der Waals surface area contributed by atoms with E-state index in [-0.39, 0.29) is 6.10 Å². The molecule has 1 unspecified atom stereocenters. The summed E-state index contributed by atoms with van der Waals surface area (Å²) in [7, 11) is 1.66. The quantitative estimate of drug-likeness (QED) is 0.411. The van der Waals surface area contributed by atoms with Gasteiger partial charge >= 0.3 is 0 Å². The van der Waals surface area contributed by atoms with Gasteiger partial charge in [0.15, 0.2) is 5.96 Å². The lowest BCUT2D eigenvalue weighted by Gasteiger charge is -2.13. The van der Waals surface area contributed by atoms with Gasteiger partial charge in [-0.3, -0.25) is 4.99 Å². The van der Waals surface area contributed by atoms with E-state index in [1.165, 1.54) is 0 Å². The minimum atomic E-state index is 0.277. The van der Waals surface area contributed by atoms with Crippen molar-refractivity contribution in [2.45, 2.75) is 32.3 Å². The molecule has 1 aliphatic rings. The monoisotopic (exact) mass is 335 g/mol. The molecule has 2 rings (SSSR count). The number of methoxy groups -OCH3 is 1. The number of nitrogens with zero attached hydrogens (tertiary/aromatic N) is 1. The van der Waals surface area contributed by atoms with E-state index in [9.17, 15) is 0 Å². The fourth-order valence-electron chi connectivity index (χ4n) is 2.46. The molecule has 2 N–H and O–H groups in total. The first-order chi connectivity index (χ1) is 11.8. The minimum Gasteiger partial charge on any atom is -0.497 e. The van der Waals surface area contributed by atoms with Crippen molar-refractivity contribution in [3.8, 4) is 11.5 Å². The van der Waals surface area contributed by atoms with Crippen LogP contribution in [0.5, 0.6) is 11.5 Å². The smallest absolute Gasteiger partial charge is 0.191 e. The molecule has 1 aromatic rings. The zero-order valence-electron chi connectivity index (χ0n) is 14.7. The second-order valence-electron chi connectivity index (χ2n) is 5.66. The highest BCUT2D eigenvalue weighted by Crippen LogP contribution is 2.17. The van der Waals surface area contributed by atoms with E-state index in [0.29, 0.717) is 6.61 Å². The van der Waals surface area contributed by atoms with Crippen LogP contribution in [0.15, 0.2) is 29.3 Å². The molecule has 1 fully saturated rings. The fraction of sp³-hybridized carbons (Fsp3) is 0.611. The maximum atomic E-state index is 5.71. The number of hydrogen-bond acceptors (Lipinski definition) is 4. The molecule has 6 nitrogen and oxygen atoms in total. The lowest BCUT2D eigenvalue weighted by atomic mass is 10.2. The van der Waals surface area contributed by atoms with Crippen molar-refractivity contribution in [3.63, 3.8) is 0 Å². The van der Waals surface area contributed by atoms with Crippen molar-refractivity contribution in [1.29, 1.82) is 0 Å². The van der Waals surface area contributed by atoms with Crippen LogP contribution in [0.25, 0.3) is 0 Å². The third-order valence-electron chi connectivity index (χ3n) is 3.76. The molecular weight excluding hydrogens is 306 g/mol. The summed E-state index contributed by atoms with van der Waals surface area (Å²) >= 11 is 0. The van der Waals surface area contributed by atoms with Crippen molar-refractivity contribution in [3.05, 3.63) is 24.3 Å². The van der Waals surface area contributed by atoms with Crippen LogP contribution < -0.4 is 20.1 Å². The molecule has 1 heterocycles. The molecule has 134 valence electrons. The number of guanidine groups is 1. The molecule has 1 atom stereocenters. The maximum Gasteiger partial charge on any atom is 0.191 e. The highest BCUT2D eigenvalue weighted by molar-refractivity contribution is 5.79. The normalized spacial score (nSPS) is 17.6. The molecule has 1 aliphatic heterocycles. The van der Waals surface area contributed by atoms with Gasteiger partial charge in [-0.1, -0.05) is 0 Å². The van der Waals surface area contributed by atoms with Crippen LogP contribution in [0.1, 0.15) is 26.2 Å². The molecule has 1 aromatic carbocycles. The first kappa shape index (κ1) is 18.4. The lowest BCUT2D eigenvalue weighted by molar-refractivity contribution is 0.117. The van der Waals surface area contributed by atoms with Crippen molar-refractivity contribution in [1.82, 2.24) is 10.6 Å². The average Bonchev–Trinajstić information content (AvgIpc) is 3.13. The Morgan fingerprint density at radius 1 is 1.25 bits per heavy atom. The Morgan fingerprint density at radius 3 is 2.71 bits per heavy atom. The first-order valence-corrected chi connectivity index (χ1v) is 8.72. The number of aliphatic imine (C=N–C) groups is 1. The van der Waals surface area contributed by atoms with Gasteiger partial charge in [0.2, 0.25) is 0 Å². The Hall–Kier alpha value is -1.95. The van der Waals surface area contributed by atoms with Crippen LogP contribution >= 0.6 is 0 Å². The topological polar surface area (TPSA) is 64.1 Å². The summed E-state index contributed by atoms with van der Waals surface area (Å²) in [5.41, 5.74) is 0. The Kier molecular flexibility index (Phi) is 8.24. The summed E-state index contributed by atoms with van der Waals surface area (Å²) in [4.78, 5) is 4.59. The van der Waals surface area contributed by atoms with Gasteiger partial charge in [0.25, 0.3) is 0 Å². The van der Waals surface area contributed by atoms with Gasteiger partial charge in [0, 0.05) is 19.7 Å². The summed E-state index contributed by atoms with van der Waals surface area (Å²) < 4.78 is 16.4. The first-order valence-electron chi connectivity index (χ1n) is 8.72. The Bertz CT molecular complexity index is 485. The standard InChI is InChI=1S/C18H29N3O3/c1-3-19-18(21-14-17-6-4-12-24-17)20-11-5-13-23-16-9-7-15(22-2)8-10-16/h7-10,17H,3-6,11-14H2,1-2H3,(H2,19,20,21). The average molecular weight is 335 g/mol. The zero-order chi connectivity index (χ0) is 17.0. The molecule has 0 aliphatic carbocycles. The Morgan fingerprint density at radius 2 is 2.04 bits per heavy atom. The van der Waals surface area contributed by atoms with Crippen LogP contribution in [0.2, 0.25) is 0 Å². The van der Waals surface area contributed by atoms with E-state index in [2.05, 4.69) is 22.5 Å². The summed E-state index contributed by atoms with van der Waals surface area (Å²) in [5.74, 6) is 2.54. The third-order valence-corrected chi connectivity index (χ3v) is 3.76. The molecule has 0 aromatic heterocycles. The predicted molar refractivity (Wildman–Crippen MR) is 96.1 cm³/mol. The number of ether oxygens (including phenoxy) is 3. The lowest BCUT2D eigenvalue weighted by Crippen LogP contribution is -2.38. The van der Waals surface area contributed by atoms with Gasteiger partial charge in [-0.25, -0.2) is 0 Å². The van der Waals surface area contributed by atoms with E-state index >= 15 is 0 Å². The number of hydrogen-bond donors (Lipinski definition) is 2. The number of nitrogens with one attached hydrogen (secondary N) is 2. The summed E-state index contributed by atoms with van der Waals surface area (Å²) in [6, 6.07) is 7.63. The molecule has 0 spiro atoms. The van der Waals surface area contributed by atoms with E-state index in [1.54, 1.807) is 7.11 Å². The third kappa shape index (κ3) is 6.66. The van der Waals surface area contributed by atoms with Crippen LogP contribution in [-0.2, 0) is 4.74 Å². The van der Waals surface area contributed by atoms with Gasteiger partial charge < -0.3 is 24.8 Å². The number of rotatable bonds is 9. The zero-order valence-corrected chi connectivity index (χ0v) is 14.7. The Labute approximate surface area is 144 Å². The highest BCUT2D eigenvalue weighted by atomic mass is 16.5. The fourth-order valence-corrected chi connectivity index (χ4v) is 2.46. The molecular formula is C18H29N3O3. The maximum absolute atomic E-state index is 5.71. The summed E-state index contributed by atoms with van der Waals surface area (Å²) in [6.07, 6.45) is 3.43. The Balaban J connectivity index is 1.63. The SMILES string of the molecule is CCNC(=NCC1CCCO1)NCCCOc1ccc(OC)cc1. The number of benzene rings is 1.